The molecular weight excluding hydrogens is 428 g/mol. The number of nitrogens with two attached hydrogens (primary N) is 1. The number of nitrogens with one attached hydrogen (secondary N) is 1. The van der Waals surface area contributed by atoms with E-state index in [2.05, 4.69) is 53.1 Å². The Balaban J connectivity index is 2.59. The highest BCUT2D eigenvalue weighted by Gasteiger charge is 2.10. The van der Waals surface area contributed by atoms with Crippen molar-refractivity contribution < 1.29 is 4.79 Å². The van der Waals surface area contributed by atoms with Gasteiger partial charge in [-0.05, 0) is 63.8 Å². The number of halogens is 3. The van der Waals surface area contributed by atoms with Gasteiger partial charge >= 0.3 is 0 Å². The van der Waals surface area contributed by atoms with Crippen LogP contribution in [0.5, 0.6) is 0 Å². The molecule has 3 N–H and O–H groups in total. The Morgan fingerprint density at radius 1 is 1.33 bits per heavy atom. The molecule has 3 nitrogen and oxygen atoms in total. The molecule has 100 valence electrons. The van der Waals surface area contributed by atoms with Crippen molar-refractivity contribution in [1.82, 2.24) is 0 Å². The van der Waals surface area contributed by atoms with Gasteiger partial charge in [-0.2, -0.15) is 0 Å². The molecule has 0 saturated carbocycles. The van der Waals surface area contributed by atoms with Gasteiger partial charge in [0, 0.05) is 25.9 Å². The highest BCUT2D eigenvalue weighted by molar-refractivity contribution is 9.11. The minimum absolute atomic E-state index is 0.000581. The largest absolute Gasteiger partial charge is 0.328 e. The molecule has 0 aromatic heterocycles. The first-order valence-corrected chi connectivity index (χ1v) is 7.98. The van der Waals surface area contributed by atoms with Crippen molar-refractivity contribution >= 4 is 59.4 Å². The number of hydrogen-bond acceptors (Lipinski definition) is 2. The third-order valence-corrected chi connectivity index (χ3v) is 4.04. The first kappa shape index (κ1) is 16.1. The standard InChI is InChI=1S/C12H15Br3N2O/c1-7(16)3-2-4-11(18)17-12-9(14)5-8(13)6-10(12)15/h5-7H,2-4,16H2,1H3,(H,17,18). The normalized spacial score (nSPS) is 12.3. The summed E-state index contributed by atoms with van der Waals surface area (Å²) >= 11 is 10.2. The minimum atomic E-state index is -0.000581. The number of carbonyl (C=O) groups is 1. The van der Waals surface area contributed by atoms with E-state index in [-0.39, 0.29) is 11.9 Å². The summed E-state index contributed by atoms with van der Waals surface area (Å²) in [5, 5.41) is 2.89. The number of hydrogen-bond donors (Lipinski definition) is 2. The third kappa shape index (κ3) is 5.38. The van der Waals surface area contributed by atoms with Crippen molar-refractivity contribution in [3.8, 4) is 0 Å². The zero-order chi connectivity index (χ0) is 13.7. The SMILES string of the molecule is CC(N)CCCC(=O)Nc1c(Br)cc(Br)cc1Br. The Morgan fingerprint density at radius 2 is 1.89 bits per heavy atom. The fraction of sp³-hybridized carbons (Fsp3) is 0.417. The highest BCUT2D eigenvalue weighted by atomic mass is 79.9. The first-order chi connectivity index (χ1) is 8.40. The number of anilines is 1. The smallest absolute Gasteiger partial charge is 0.224 e. The highest BCUT2D eigenvalue weighted by Crippen LogP contribution is 2.34. The summed E-state index contributed by atoms with van der Waals surface area (Å²) in [6.45, 7) is 1.94. The van der Waals surface area contributed by atoms with E-state index in [0.29, 0.717) is 6.42 Å². The lowest BCUT2D eigenvalue weighted by molar-refractivity contribution is -0.116. The van der Waals surface area contributed by atoms with Crippen molar-refractivity contribution in [3.05, 3.63) is 25.6 Å². The molecule has 0 saturated heterocycles. The lowest BCUT2D eigenvalue weighted by Crippen LogP contribution is -2.17. The predicted molar refractivity (Wildman–Crippen MR) is 85.7 cm³/mol. The van der Waals surface area contributed by atoms with Gasteiger partial charge in [0.2, 0.25) is 5.91 Å². The van der Waals surface area contributed by atoms with E-state index < -0.39 is 0 Å². The summed E-state index contributed by atoms with van der Waals surface area (Å²) in [6.07, 6.45) is 2.14. The number of benzene rings is 1. The maximum Gasteiger partial charge on any atom is 0.224 e. The van der Waals surface area contributed by atoms with Crippen LogP contribution in [0.1, 0.15) is 26.2 Å². The molecule has 1 atom stereocenters. The van der Waals surface area contributed by atoms with Crippen LogP contribution in [0, 0.1) is 0 Å². The fourth-order valence-corrected chi connectivity index (χ4v) is 3.91. The van der Waals surface area contributed by atoms with Gasteiger partial charge in [-0.3, -0.25) is 4.79 Å². The summed E-state index contributed by atoms with van der Waals surface area (Å²) in [4.78, 5) is 11.8. The molecular formula is C12H15Br3N2O. The van der Waals surface area contributed by atoms with Crippen LogP contribution in [0.3, 0.4) is 0 Å². The average molecular weight is 443 g/mol. The molecule has 0 spiro atoms. The number of carbonyl (C=O) groups excluding carboxylic acids is 1. The average Bonchev–Trinajstić information content (AvgIpc) is 2.22. The molecule has 1 aromatic carbocycles. The van der Waals surface area contributed by atoms with Gasteiger partial charge in [0.25, 0.3) is 0 Å². The maximum absolute atomic E-state index is 11.8. The van der Waals surface area contributed by atoms with Crippen LogP contribution in [0.25, 0.3) is 0 Å². The van der Waals surface area contributed by atoms with Gasteiger partial charge in [-0.25, -0.2) is 0 Å². The van der Waals surface area contributed by atoms with E-state index in [1.807, 2.05) is 19.1 Å². The first-order valence-electron chi connectivity index (χ1n) is 5.60. The number of amides is 1. The van der Waals surface area contributed by atoms with E-state index in [1.54, 1.807) is 0 Å². The lowest BCUT2D eigenvalue weighted by atomic mass is 10.1. The third-order valence-electron chi connectivity index (χ3n) is 2.33. The van der Waals surface area contributed by atoms with Crippen molar-refractivity contribution in [2.24, 2.45) is 5.73 Å². The lowest BCUT2D eigenvalue weighted by Gasteiger charge is -2.10. The second kappa shape index (κ2) is 7.62. The van der Waals surface area contributed by atoms with Gasteiger partial charge < -0.3 is 11.1 Å². The summed E-state index contributed by atoms with van der Waals surface area (Å²) in [5.74, 6) is -0.000581. The molecule has 1 unspecified atom stereocenters. The van der Waals surface area contributed by atoms with E-state index in [0.717, 1.165) is 31.9 Å². The molecule has 1 amide bonds. The van der Waals surface area contributed by atoms with E-state index in [4.69, 9.17) is 5.73 Å². The molecule has 0 heterocycles. The van der Waals surface area contributed by atoms with Crippen molar-refractivity contribution in [2.45, 2.75) is 32.2 Å². The van der Waals surface area contributed by atoms with E-state index >= 15 is 0 Å². The van der Waals surface area contributed by atoms with Crippen LogP contribution in [0.4, 0.5) is 5.69 Å². The van der Waals surface area contributed by atoms with Crippen LogP contribution < -0.4 is 11.1 Å². The van der Waals surface area contributed by atoms with Gasteiger partial charge in [0.1, 0.15) is 0 Å². The molecule has 1 rings (SSSR count). The molecule has 0 aliphatic carbocycles. The summed E-state index contributed by atoms with van der Waals surface area (Å²) < 4.78 is 2.62. The van der Waals surface area contributed by atoms with E-state index in [1.165, 1.54) is 0 Å². The Kier molecular flexibility index (Phi) is 6.84. The van der Waals surface area contributed by atoms with Gasteiger partial charge in [0.05, 0.1) is 5.69 Å². The molecule has 0 aliphatic rings. The van der Waals surface area contributed by atoms with Gasteiger partial charge in [0.15, 0.2) is 0 Å². The maximum atomic E-state index is 11.8. The zero-order valence-electron chi connectivity index (χ0n) is 9.97. The Bertz CT molecular complexity index is 412. The Labute approximate surface area is 132 Å². The molecule has 6 heteroatoms. The van der Waals surface area contributed by atoms with Crippen molar-refractivity contribution in [3.63, 3.8) is 0 Å². The second-order valence-electron chi connectivity index (χ2n) is 4.16. The van der Waals surface area contributed by atoms with Crippen LogP contribution >= 0.6 is 47.8 Å². The van der Waals surface area contributed by atoms with Crippen LogP contribution in [-0.2, 0) is 4.79 Å². The van der Waals surface area contributed by atoms with Crippen molar-refractivity contribution in [1.29, 1.82) is 0 Å². The zero-order valence-corrected chi connectivity index (χ0v) is 14.7. The Hall–Kier alpha value is 0.0900. The van der Waals surface area contributed by atoms with Gasteiger partial charge in [-0.15, -0.1) is 0 Å². The molecule has 18 heavy (non-hydrogen) atoms. The van der Waals surface area contributed by atoms with Crippen LogP contribution in [0.2, 0.25) is 0 Å². The summed E-state index contributed by atoms with van der Waals surface area (Å²) in [6, 6.07) is 3.92. The fourth-order valence-electron chi connectivity index (χ4n) is 1.45. The minimum Gasteiger partial charge on any atom is -0.328 e. The van der Waals surface area contributed by atoms with Crippen LogP contribution in [-0.4, -0.2) is 11.9 Å². The van der Waals surface area contributed by atoms with Gasteiger partial charge in [-0.1, -0.05) is 15.9 Å². The second-order valence-corrected chi connectivity index (χ2v) is 6.79. The Morgan fingerprint density at radius 3 is 2.39 bits per heavy atom. The molecule has 0 radical (unpaired) electrons. The van der Waals surface area contributed by atoms with Crippen molar-refractivity contribution in [2.75, 3.05) is 5.32 Å². The summed E-state index contributed by atoms with van der Waals surface area (Å²) in [5.41, 5.74) is 6.40. The molecule has 0 bridgehead atoms. The van der Waals surface area contributed by atoms with Crippen LogP contribution in [0.15, 0.2) is 25.6 Å². The molecule has 1 aromatic rings. The topological polar surface area (TPSA) is 55.1 Å². The molecule has 0 aliphatic heterocycles. The van der Waals surface area contributed by atoms with E-state index in [9.17, 15) is 4.79 Å². The monoisotopic (exact) mass is 440 g/mol. The summed E-state index contributed by atoms with van der Waals surface area (Å²) in [7, 11) is 0. The number of rotatable bonds is 5. The molecule has 0 fully saturated rings. The quantitative estimate of drug-likeness (QED) is 0.708. The predicted octanol–water partition coefficient (Wildman–Crippen LogP) is 4.43.